The zero-order valence-corrected chi connectivity index (χ0v) is 11.7. The van der Waals surface area contributed by atoms with Gasteiger partial charge in [0.25, 0.3) is 0 Å². The number of aromatic nitrogens is 2. The molecule has 2 aromatic heterocycles. The maximum absolute atomic E-state index is 4.61. The third kappa shape index (κ3) is 2.21. The molecule has 0 unspecified atom stereocenters. The Hall–Kier alpha value is -2.48. The van der Waals surface area contributed by atoms with Gasteiger partial charge in [-0.3, -0.25) is 9.97 Å². The van der Waals surface area contributed by atoms with Gasteiger partial charge in [0.2, 0.25) is 0 Å². The normalized spacial score (nSPS) is 10.5. The Morgan fingerprint density at radius 2 is 1.45 bits per heavy atom. The molecule has 0 N–H and O–H groups in total. The summed E-state index contributed by atoms with van der Waals surface area (Å²) in [6.07, 6.45) is 3.66. The number of hydrogen-bond acceptors (Lipinski definition) is 2. The van der Waals surface area contributed by atoms with Crippen LogP contribution < -0.4 is 0 Å². The Labute approximate surface area is 119 Å². The summed E-state index contributed by atoms with van der Waals surface area (Å²) in [4.78, 5) is 9.06. The molecule has 20 heavy (non-hydrogen) atoms. The summed E-state index contributed by atoms with van der Waals surface area (Å²) in [5.41, 5.74) is 6.71. The number of hydrogen-bond donors (Lipinski definition) is 0. The van der Waals surface area contributed by atoms with E-state index < -0.39 is 0 Å². The molecule has 0 fully saturated rings. The Kier molecular flexibility index (Phi) is 3.30. The van der Waals surface area contributed by atoms with Crippen molar-refractivity contribution in [3.63, 3.8) is 0 Å². The lowest BCUT2D eigenvalue weighted by atomic mass is 9.95. The molecule has 0 spiro atoms. The molecule has 0 aliphatic heterocycles. The molecule has 1 aromatic carbocycles. The summed E-state index contributed by atoms with van der Waals surface area (Å²) in [5.74, 6) is 0. The van der Waals surface area contributed by atoms with Gasteiger partial charge in [0.05, 0.1) is 11.4 Å². The molecule has 98 valence electrons. The van der Waals surface area contributed by atoms with Crippen molar-refractivity contribution in [3.8, 4) is 22.5 Å². The van der Waals surface area contributed by atoms with Gasteiger partial charge in [-0.05, 0) is 49.2 Å². The van der Waals surface area contributed by atoms with Crippen molar-refractivity contribution in [2.24, 2.45) is 0 Å². The van der Waals surface area contributed by atoms with Crippen LogP contribution in [0.5, 0.6) is 0 Å². The number of rotatable bonds is 2. The Balaban J connectivity index is 2.26. The monoisotopic (exact) mass is 260 g/mol. The molecule has 0 aliphatic rings. The predicted molar refractivity (Wildman–Crippen MR) is 82.4 cm³/mol. The van der Waals surface area contributed by atoms with E-state index in [2.05, 4.69) is 48.1 Å². The van der Waals surface area contributed by atoms with E-state index in [9.17, 15) is 0 Å². The number of pyridine rings is 2. The first kappa shape index (κ1) is 12.5. The smallest absolute Gasteiger partial charge is 0.0801 e. The molecule has 0 saturated heterocycles. The van der Waals surface area contributed by atoms with Gasteiger partial charge in [-0.25, -0.2) is 0 Å². The molecule has 2 nitrogen and oxygen atoms in total. The molecule has 0 atom stereocenters. The highest BCUT2D eigenvalue weighted by molar-refractivity contribution is 5.81. The fourth-order valence-corrected chi connectivity index (χ4v) is 2.52. The van der Waals surface area contributed by atoms with Crippen molar-refractivity contribution in [2.45, 2.75) is 13.8 Å². The number of benzene rings is 1. The molecule has 2 heteroatoms. The summed E-state index contributed by atoms with van der Waals surface area (Å²) in [5, 5.41) is 0. The van der Waals surface area contributed by atoms with E-state index in [1.54, 1.807) is 0 Å². The molecule has 0 bridgehead atoms. The van der Waals surface area contributed by atoms with Gasteiger partial charge in [0, 0.05) is 23.5 Å². The van der Waals surface area contributed by atoms with Crippen LogP contribution in [0.3, 0.4) is 0 Å². The molecule has 0 amide bonds. The van der Waals surface area contributed by atoms with E-state index in [1.165, 1.54) is 16.7 Å². The maximum atomic E-state index is 4.61. The van der Waals surface area contributed by atoms with Crippen LogP contribution in [-0.2, 0) is 0 Å². The van der Waals surface area contributed by atoms with Crippen molar-refractivity contribution >= 4 is 0 Å². The summed E-state index contributed by atoms with van der Waals surface area (Å²) in [7, 11) is 0. The molecule has 3 aromatic rings. The number of aryl methyl sites for hydroxylation is 2. The van der Waals surface area contributed by atoms with Crippen LogP contribution in [0.25, 0.3) is 22.5 Å². The van der Waals surface area contributed by atoms with E-state index >= 15 is 0 Å². The van der Waals surface area contributed by atoms with Gasteiger partial charge in [0.15, 0.2) is 0 Å². The zero-order valence-electron chi connectivity index (χ0n) is 11.7. The lowest BCUT2D eigenvalue weighted by Gasteiger charge is -2.13. The van der Waals surface area contributed by atoms with E-state index in [1.807, 2.05) is 36.7 Å². The Bertz CT molecular complexity index is 713. The fourth-order valence-electron chi connectivity index (χ4n) is 2.52. The first-order valence-corrected chi connectivity index (χ1v) is 6.70. The van der Waals surface area contributed by atoms with Gasteiger partial charge in [-0.2, -0.15) is 0 Å². The van der Waals surface area contributed by atoms with Gasteiger partial charge in [-0.1, -0.05) is 24.3 Å². The molecular formula is C18H16N2. The summed E-state index contributed by atoms with van der Waals surface area (Å²) < 4.78 is 0. The first-order valence-electron chi connectivity index (χ1n) is 6.70. The second-order valence-electron chi connectivity index (χ2n) is 4.88. The molecule has 0 radical (unpaired) electrons. The average Bonchev–Trinajstić information content (AvgIpc) is 2.48. The van der Waals surface area contributed by atoms with E-state index in [-0.39, 0.29) is 0 Å². The van der Waals surface area contributed by atoms with Crippen LogP contribution in [-0.4, -0.2) is 9.97 Å². The third-order valence-electron chi connectivity index (χ3n) is 3.47. The van der Waals surface area contributed by atoms with Crippen LogP contribution in [0.1, 0.15) is 11.1 Å². The minimum absolute atomic E-state index is 0.957. The molecule has 0 aliphatic carbocycles. The second-order valence-corrected chi connectivity index (χ2v) is 4.88. The topological polar surface area (TPSA) is 25.8 Å². The standard InChI is InChI=1S/C18H16N2/c1-13-7-5-8-14(2)17(13)18-15(9-6-12-20-18)16-10-3-4-11-19-16/h3-12H,1-2H3. The number of nitrogens with zero attached hydrogens (tertiary/aromatic N) is 2. The summed E-state index contributed by atoms with van der Waals surface area (Å²) >= 11 is 0. The van der Waals surface area contributed by atoms with Crippen LogP contribution in [0.2, 0.25) is 0 Å². The fraction of sp³-hybridized carbons (Fsp3) is 0.111. The van der Waals surface area contributed by atoms with Crippen LogP contribution in [0, 0.1) is 13.8 Å². The zero-order chi connectivity index (χ0) is 13.9. The molecule has 0 saturated carbocycles. The van der Waals surface area contributed by atoms with Crippen molar-refractivity contribution in [1.82, 2.24) is 9.97 Å². The largest absolute Gasteiger partial charge is 0.256 e. The van der Waals surface area contributed by atoms with Crippen LogP contribution >= 0.6 is 0 Å². The van der Waals surface area contributed by atoms with E-state index in [0.29, 0.717) is 0 Å². The van der Waals surface area contributed by atoms with Crippen LogP contribution in [0.4, 0.5) is 0 Å². The molecular weight excluding hydrogens is 244 g/mol. The van der Waals surface area contributed by atoms with E-state index in [4.69, 9.17) is 0 Å². The van der Waals surface area contributed by atoms with E-state index in [0.717, 1.165) is 17.0 Å². The van der Waals surface area contributed by atoms with Crippen molar-refractivity contribution in [3.05, 3.63) is 72.1 Å². The third-order valence-corrected chi connectivity index (χ3v) is 3.47. The lowest BCUT2D eigenvalue weighted by Crippen LogP contribution is -1.95. The Morgan fingerprint density at radius 1 is 0.700 bits per heavy atom. The summed E-state index contributed by atoms with van der Waals surface area (Å²) in [6, 6.07) is 16.3. The van der Waals surface area contributed by atoms with Gasteiger partial charge >= 0.3 is 0 Å². The molecule has 2 heterocycles. The quantitative estimate of drug-likeness (QED) is 0.681. The Morgan fingerprint density at radius 3 is 2.15 bits per heavy atom. The second kappa shape index (κ2) is 5.25. The van der Waals surface area contributed by atoms with Crippen LogP contribution in [0.15, 0.2) is 60.9 Å². The van der Waals surface area contributed by atoms with Crippen molar-refractivity contribution in [2.75, 3.05) is 0 Å². The maximum Gasteiger partial charge on any atom is 0.0801 e. The van der Waals surface area contributed by atoms with Gasteiger partial charge in [-0.15, -0.1) is 0 Å². The highest BCUT2D eigenvalue weighted by Gasteiger charge is 2.13. The van der Waals surface area contributed by atoms with Gasteiger partial charge < -0.3 is 0 Å². The SMILES string of the molecule is Cc1cccc(C)c1-c1ncccc1-c1ccccn1. The molecule has 3 rings (SSSR count). The minimum Gasteiger partial charge on any atom is -0.256 e. The highest BCUT2D eigenvalue weighted by atomic mass is 14.7. The lowest BCUT2D eigenvalue weighted by molar-refractivity contribution is 1.25. The van der Waals surface area contributed by atoms with Gasteiger partial charge in [0.1, 0.15) is 0 Å². The predicted octanol–water partition coefficient (Wildman–Crippen LogP) is 4.43. The average molecular weight is 260 g/mol. The first-order chi connectivity index (χ1) is 9.77. The highest BCUT2D eigenvalue weighted by Crippen LogP contribution is 2.32. The minimum atomic E-state index is 0.957. The summed E-state index contributed by atoms with van der Waals surface area (Å²) in [6.45, 7) is 4.25. The van der Waals surface area contributed by atoms with Crippen molar-refractivity contribution in [1.29, 1.82) is 0 Å². The van der Waals surface area contributed by atoms with Crippen molar-refractivity contribution < 1.29 is 0 Å².